The van der Waals surface area contributed by atoms with Crippen molar-refractivity contribution in [2.24, 2.45) is 11.7 Å². The number of nitrogens with two attached hydrogens (primary N) is 1. The molecule has 1 saturated heterocycles. The van der Waals surface area contributed by atoms with Crippen LogP contribution in [0.25, 0.3) is 0 Å². The van der Waals surface area contributed by atoms with Crippen molar-refractivity contribution in [1.29, 1.82) is 0 Å². The van der Waals surface area contributed by atoms with Crippen molar-refractivity contribution >= 4 is 30.7 Å². The van der Waals surface area contributed by atoms with E-state index in [1.165, 1.54) is 0 Å². The zero-order valence-electron chi connectivity index (χ0n) is 11.1. The molecule has 0 bridgehead atoms. The molecule has 0 aromatic carbocycles. The van der Waals surface area contributed by atoms with Gasteiger partial charge in [-0.3, -0.25) is 9.69 Å². The van der Waals surface area contributed by atoms with Crippen molar-refractivity contribution in [3.05, 3.63) is 0 Å². The fourth-order valence-corrected chi connectivity index (χ4v) is 1.71. The van der Waals surface area contributed by atoms with E-state index in [2.05, 4.69) is 10.2 Å². The first-order valence-electron chi connectivity index (χ1n) is 5.94. The Bertz CT molecular complexity index is 226. The molecule has 0 aromatic heterocycles. The number of halogens is 2. The fourth-order valence-electron chi connectivity index (χ4n) is 1.71. The lowest BCUT2D eigenvalue weighted by Crippen LogP contribution is -2.47. The summed E-state index contributed by atoms with van der Waals surface area (Å²) in [6.45, 7) is 8.63. The first kappa shape index (κ1) is 20.3. The van der Waals surface area contributed by atoms with E-state index in [1.54, 1.807) is 0 Å². The molecule has 1 rings (SSSR count). The molecule has 0 radical (unpaired) electrons. The predicted molar refractivity (Wildman–Crippen MR) is 77.6 cm³/mol. The summed E-state index contributed by atoms with van der Waals surface area (Å²) in [6.07, 6.45) is 0. The second-order valence-electron chi connectivity index (χ2n) is 4.46. The van der Waals surface area contributed by atoms with Crippen molar-refractivity contribution in [2.45, 2.75) is 19.9 Å². The molecule has 0 spiro atoms. The Morgan fingerprint density at radius 1 is 1.33 bits per heavy atom. The number of hydrogen-bond donors (Lipinski definition) is 2. The smallest absolute Gasteiger partial charge is 0.224 e. The number of nitrogens with one attached hydrogen (secondary N) is 1. The summed E-state index contributed by atoms with van der Waals surface area (Å²) in [5.74, 6) is -0.0598. The van der Waals surface area contributed by atoms with Gasteiger partial charge in [-0.1, -0.05) is 6.92 Å². The monoisotopic (exact) mass is 301 g/mol. The maximum absolute atomic E-state index is 11.6. The molecular weight excluding hydrogens is 277 g/mol. The molecule has 3 N–H and O–H groups in total. The van der Waals surface area contributed by atoms with E-state index in [-0.39, 0.29) is 42.7 Å². The number of nitrogens with zero attached hydrogens (tertiary/aromatic N) is 1. The van der Waals surface area contributed by atoms with Gasteiger partial charge in [0.1, 0.15) is 0 Å². The Morgan fingerprint density at radius 3 is 2.39 bits per heavy atom. The molecule has 5 nitrogen and oxygen atoms in total. The molecule has 7 heteroatoms. The normalized spacial score (nSPS) is 19.1. The summed E-state index contributed by atoms with van der Waals surface area (Å²) < 4.78 is 5.27. The highest BCUT2D eigenvalue weighted by Crippen LogP contribution is 1.99. The Morgan fingerprint density at radius 2 is 1.89 bits per heavy atom. The van der Waals surface area contributed by atoms with Crippen LogP contribution in [0.3, 0.4) is 0 Å². The van der Waals surface area contributed by atoms with Crippen molar-refractivity contribution in [3.63, 3.8) is 0 Å². The third kappa shape index (κ3) is 7.38. The van der Waals surface area contributed by atoms with Crippen molar-refractivity contribution in [1.82, 2.24) is 10.2 Å². The summed E-state index contributed by atoms with van der Waals surface area (Å²) in [6, 6.07) is 0.166. The van der Waals surface area contributed by atoms with Gasteiger partial charge in [-0.05, 0) is 6.92 Å². The molecule has 1 aliphatic rings. The number of carbonyl (C=O) groups is 1. The van der Waals surface area contributed by atoms with Gasteiger partial charge in [-0.2, -0.15) is 0 Å². The van der Waals surface area contributed by atoms with Crippen molar-refractivity contribution in [3.8, 4) is 0 Å². The minimum absolute atomic E-state index is 0. The van der Waals surface area contributed by atoms with E-state index in [0.717, 1.165) is 32.8 Å². The highest BCUT2D eigenvalue weighted by molar-refractivity contribution is 5.85. The van der Waals surface area contributed by atoms with E-state index in [9.17, 15) is 4.79 Å². The summed E-state index contributed by atoms with van der Waals surface area (Å²) in [5, 5.41) is 2.98. The lowest BCUT2D eigenvalue weighted by atomic mass is 10.1. The zero-order chi connectivity index (χ0) is 12.0. The first-order chi connectivity index (χ1) is 7.63. The summed E-state index contributed by atoms with van der Waals surface area (Å²) >= 11 is 0. The molecule has 1 fully saturated rings. The Hall–Kier alpha value is -0.0700. The first-order valence-corrected chi connectivity index (χ1v) is 5.94. The van der Waals surface area contributed by atoms with Crippen LogP contribution < -0.4 is 11.1 Å². The number of amides is 1. The van der Waals surface area contributed by atoms with E-state index < -0.39 is 0 Å². The molecule has 0 aromatic rings. The number of hydrogen-bond acceptors (Lipinski definition) is 4. The van der Waals surface area contributed by atoms with E-state index in [4.69, 9.17) is 10.5 Å². The van der Waals surface area contributed by atoms with Crippen LogP contribution in [0.15, 0.2) is 0 Å². The van der Waals surface area contributed by atoms with Gasteiger partial charge < -0.3 is 15.8 Å². The Balaban J connectivity index is 0. The lowest BCUT2D eigenvalue weighted by Gasteiger charge is -2.29. The second kappa shape index (κ2) is 10.8. The van der Waals surface area contributed by atoms with Crippen molar-refractivity contribution < 1.29 is 9.53 Å². The Labute approximate surface area is 122 Å². The number of carbonyl (C=O) groups excluding carboxylic acids is 1. The van der Waals surface area contributed by atoms with Gasteiger partial charge >= 0.3 is 0 Å². The average molecular weight is 302 g/mol. The van der Waals surface area contributed by atoms with Crippen LogP contribution in [0.5, 0.6) is 0 Å². The predicted octanol–water partition coefficient (Wildman–Crippen LogP) is 0.262. The third-order valence-electron chi connectivity index (χ3n) is 2.83. The van der Waals surface area contributed by atoms with Gasteiger partial charge in [0.15, 0.2) is 0 Å². The van der Waals surface area contributed by atoms with Crippen LogP contribution in [0.2, 0.25) is 0 Å². The van der Waals surface area contributed by atoms with Gasteiger partial charge in [-0.25, -0.2) is 0 Å². The molecular formula is C11H25Cl2N3O2. The molecule has 2 atom stereocenters. The van der Waals surface area contributed by atoms with Gasteiger partial charge in [0.05, 0.1) is 13.2 Å². The van der Waals surface area contributed by atoms with Crippen LogP contribution in [0.4, 0.5) is 0 Å². The van der Waals surface area contributed by atoms with E-state index in [0.29, 0.717) is 6.54 Å². The summed E-state index contributed by atoms with van der Waals surface area (Å²) in [4.78, 5) is 13.9. The molecule has 1 amide bonds. The molecule has 2 unspecified atom stereocenters. The number of rotatable bonds is 5. The number of morpholine rings is 1. The van der Waals surface area contributed by atoms with E-state index >= 15 is 0 Å². The SMILES string of the molecule is CC(CN1CCOCC1)NC(=O)C(C)CN.Cl.Cl. The van der Waals surface area contributed by atoms with Crippen LogP contribution >= 0.6 is 24.8 Å². The maximum atomic E-state index is 11.6. The quantitative estimate of drug-likeness (QED) is 0.764. The van der Waals surface area contributed by atoms with Crippen LogP contribution in [-0.4, -0.2) is 56.2 Å². The fraction of sp³-hybridized carbons (Fsp3) is 0.909. The summed E-state index contributed by atoms with van der Waals surface area (Å²) in [7, 11) is 0. The highest BCUT2D eigenvalue weighted by atomic mass is 35.5. The molecule has 110 valence electrons. The minimum atomic E-state index is -0.105. The second-order valence-corrected chi connectivity index (χ2v) is 4.46. The molecule has 0 saturated carbocycles. The van der Waals surface area contributed by atoms with E-state index in [1.807, 2.05) is 13.8 Å². The molecule has 1 aliphatic heterocycles. The third-order valence-corrected chi connectivity index (χ3v) is 2.83. The topological polar surface area (TPSA) is 67.6 Å². The standard InChI is InChI=1S/C11H23N3O2.2ClH/c1-9(7-12)11(15)13-10(2)8-14-3-5-16-6-4-14;;/h9-10H,3-8,12H2,1-2H3,(H,13,15);2*1H. The van der Waals surface area contributed by atoms with Crippen LogP contribution in [0, 0.1) is 5.92 Å². The van der Waals surface area contributed by atoms with Gasteiger partial charge in [0.2, 0.25) is 5.91 Å². The van der Waals surface area contributed by atoms with Gasteiger partial charge in [0, 0.05) is 38.1 Å². The molecule has 18 heavy (non-hydrogen) atoms. The average Bonchev–Trinajstić information content (AvgIpc) is 2.29. The minimum Gasteiger partial charge on any atom is -0.379 e. The van der Waals surface area contributed by atoms with Gasteiger partial charge in [0.25, 0.3) is 0 Å². The van der Waals surface area contributed by atoms with Crippen molar-refractivity contribution in [2.75, 3.05) is 39.4 Å². The molecule has 0 aliphatic carbocycles. The lowest BCUT2D eigenvalue weighted by molar-refractivity contribution is -0.125. The Kier molecular flexibility index (Phi) is 12.2. The number of ether oxygens (including phenoxy) is 1. The molecule has 1 heterocycles. The van der Waals surface area contributed by atoms with Crippen LogP contribution in [-0.2, 0) is 9.53 Å². The highest BCUT2D eigenvalue weighted by Gasteiger charge is 2.17. The largest absolute Gasteiger partial charge is 0.379 e. The maximum Gasteiger partial charge on any atom is 0.224 e. The summed E-state index contributed by atoms with van der Waals surface area (Å²) in [5.41, 5.74) is 5.45. The van der Waals surface area contributed by atoms with Gasteiger partial charge in [-0.15, -0.1) is 24.8 Å². The zero-order valence-corrected chi connectivity index (χ0v) is 12.7. The van der Waals surface area contributed by atoms with Crippen LogP contribution in [0.1, 0.15) is 13.8 Å².